The monoisotopic (exact) mass is 359 g/mol. The van der Waals surface area contributed by atoms with E-state index in [1.54, 1.807) is 5.51 Å². The number of thiazole rings is 1. The van der Waals surface area contributed by atoms with Crippen molar-refractivity contribution in [2.75, 3.05) is 10.6 Å². The van der Waals surface area contributed by atoms with Gasteiger partial charge in [0.2, 0.25) is 5.91 Å². The van der Waals surface area contributed by atoms with Gasteiger partial charge in [-0.15, -0.1) is 11.3 Å². The van der Waals surface area contributed by atoms with Gasteiger partial charge in [0.15, 0.2) is 0 Å². The number of carbonyl (C=O) groups excluding carboxylic acids is 2. The number of hydrogen-bond acceptors (Lipinski definition) is 4. The van der Waals surface area contributed by atoms with E-state index in [0.29, 0.717) is 16.5 Å². The lowest BCUT2D eigenvalue weighted by atomic mass is 10.0. The summed E-state index contributed by atoms with van der Waals surface area (Å²) in [6.07, 6.45) is 5.48. The topological polar surface area (TPSA) is 71.1 Å². The van der Waals surface area contributed by atoms with Crippen LogP contribution >= 0.6 is 11.3 Å². The zero-order valence-electron chi connectivity index (χ0n) is 13.5. The molecule has 0 unspecified atom stereocenters. The number of rotatable bonds is 5. The summed E-state index contributed by atoms with van der Waals surface area (Å²) in [5, 5.41) is 5.13. The summed E-state index contributed by atoms with van der Waals surface area (Å²) in [6, 6.07) is 4.02. The molecular formula is C18H18FN3O2S. The summed E-state index contributed by atoms with van der Waals surface area (Å²) in [6.45, 7) is 3.33. The van der Waals surface area contributed by atoms with Crippen LogP contribution in [0, 0.1) is 5.82 Å². The molecule has 25 heavy (non-hydrogen) atoms. The predicted octanol–water partition coefficient (Wildman–Crippen LogP) is 4.32. The van der Waals surface area contributed by atoms with Gasteiger partial charge in [-0.3, -0.25) is 9.59 Å². The lowest BCUT2D eigenvalue weighted by molar-refractivity contribution is -0.111. The molecule has 0 aliphatic heterocycles. The maximum atomic E-state index is 13.8. The van der Waals surface area contributed by atoms with Crippen molar-refractivity contribution in [3.8, 4) is 0 Å². The van der Waals surface area contributed by atoms with E-state index >= 15 is 0 Å². The summed E-state index contributed by atoms with van der Waals surface area (Å²) in [5.41, 5.74) is 2.92. The van der Waals surface area contributed by atoms with Crippen LogP contribution in [0.1, 0.15) is 47.0 Å². The van der Waals surface area contributed by atoms with Crippen LogP contribution in [0.4, 0.5) is 15.8 Å². The number of nitrogens with one attached hydrogen (secondary N) is 2. The Labute approximate surface area is 149 Å². The van der Waals surface area contributed by atoms with Crippen LogP contribution in [0.5, 0.6) is 0 Å². The van der Waals surface area contributed by atoms with E-state index in [0.717, 1.165) is 37.5 Å². The highest BCUT2D eigenvalue weighted by molar-refractivity contribution is 7.12. The Kier molecular flexibility index (Phi) is 5.23. The van der Waals surface area contributed by atoms with Gasteiger partial charge in [0.05, 0.1) is 16.9 Å². The zero-order valence-corrected chi connectivity index (χ0v) is 14.4. The zero-order chi connectivity index (χ0) is 17.8. The molecule has 7 heteroatoms. The van der Waals surface area contributed by atoms with Gasteiger partial charge >= 0.3 is 0 Å². The Balaban J connectivity index is 1.77. The quantitative estimate of drug-likeness (QED) is 0.781. The number of aromatic nitrogens is 1. The predicted molar refractivity (Wildman–Crippen MR) is 96.5 cm³/mol. The van der Waals surface area contributed by atoms with Gasteiger partial charge in [-0.25, -0.2) is 9.37 Å². The summed E-state index contributed by atoms with van der Waals surface area (Å²) in [7, 11) is 0. The van der Waals surface area contributed by atoms with Crippen LogP contribution < -0.4 is 10.6 Å². The molecule has 2 aromatic rings. The van der Waals surface area contributed by atoms with Gasteiger partial charge in [-0.1, -0.05) is 19.4 Å². The minimum absolute atomic E-state index is 0.0111. The van der Waals surface area contributed by atoms with Crippen molar-refractivity contribution in [3.05, 3.63) is 52.8 Å². The van der Waals surface area contributed by atoms with Crippen molar-refractivity contribution in [2.45, 2.75) is 31.6 Å². The summed E-state index contributed by atoms with van der Waals surface area (Å²) < 4.78 is 13.8. The van der Waals surface area contributed by atoms with E-state index in [2.05, 4.69) is 22.2 Å². The number of amides is 2. The first-order valence-electron chi connectivity index (χ1n) is 8.06. The smallest absolute Gasteiger partial charge is 0.267 e. The van der Waals surface area contributed by atoms with Gasteiger partial charge in [-0.05, 0) is 37.1 Å². The largest absolute Gasteiger partial charge is 0.321 e. The van der Waals surface area contributed by atoms with Crippen molar-refractivity contribution in [1.82, 2.24) is 4.98 Å². The van der Waals surface area contributed by atoms with E-state index in [1.165, 1.54) is 29.5 Å². The van der Waals surface area contributed by atoms with Gasteiger partial charge < -0.3 is 10.6 Å². The molecule has 1 aliphatic carbocycles. The van der Waals surface area contributed by atoms with Crippen LogP contribution in [-0.2, 0) is 4.79 Å². The van der Waals surface area contributed by atoms with E-state index in [4.69, 9.17) is 0 Å². The van der Waals surface area contributed by atoms with Crippen molar-refractivity contribution < 1.29 is 14.0 Å². The van der Waals surface area contributed by atoms with Crippen LogP contribution in [0.15, 0.2) is 36.4 Å². The first-order valence-corrected chi connectivity index (χ1v) is 8.94. The summed E-state index contributed by atoms with van der Waals surface area (Å²) >= 11 is 1.31. The first kappa shape index (κ1) is 17.3. The van der Waals surface area contributed by atoms with Gasteiger partial charge in [0.1, 0.15) is 10.7 Å². The molecule has 0 saturated heterocycles. The number of nitrogens with zero attached hydrogens (tertiary/aromatic N) is 1. The van der Waals surface area contributed by atoms with Crippen LogP contribution in [-0.4, -0.2) is 16.8 Å². The number of benzene rings is 1. The molecule has 2 amide bonds. The highest BCUT2D eigenvalue weighted by atomic mass is 32.1. The Morgan fingerprint density at radius 2 is 2.04 bits per heavy atom. The summed E-state index contributed by atoms with van der Waals surface area (Å²) in [5.74, 6) is -1.04. The highest BCUT2D eigenvalue weighted by Crippen LogP contribution is 2.36. The molecule has 1 aromatic heterocycles. The maximum Gasteiger partial charge on any atom is 0.267 e. The fourth-order valence-electron chi connectivity index (χ4n) is 2.99. The lowest BCUT2D eigenvalue weighted by Gasteiger charge is -2.11. The van der Waals surface area contributed by atoms with Gasteiger partial charge in [0, 0.05) is 11.6 Å². The first-order chi connectivity index (χ1) is 12.1. The third-order valence-corrected chi connectivity index (χ3v) is 5.05. The molecule has 130 valence electrons. The van der Waals surface area contributed by atoms with E-state index in [-0.39, 0.29) is 11.6 Å². The second-order valence-electron chi connectivity index (χ2n) is 5.89. The van der Waals surface area contributed by atoms with Crippen LogP contribution in [0.2, 0.25) is 0 Å². The van der Waals surface area contributed by atoms with Crippen molar-refractivity contribution >= 4 is 34.5 Å². The molecule has 1 saturated carbocycles. The van der Waals surface area contributed by atoms with Crippen molar-refractivity contribution in [1.29, 1.82) is 0 Å². The van der Waals surface area contributed by atoms with Gasteiger partial charge in [-0.2, -0.15) is 0 Å². The molecule has 1 aromatic carbocycles. The standard InChI is InChI=1S/C18H18FN3O2S/c1-2-15(23)22-14-9-12(7-8-13(14)19)21-18(24)17-16(20-10-25-17)11-5-3-4-6-11/h2,7-11H,1,3-6H2,(H,21,24)(H,22,23). The minimum atomic E-state index is -0.586. The molecule has 0 atom stereocenters. The fourth-order valence-corrected chi connectivity index (χ4v) is 3.76. The number of carbonyl (C=O) groups is 2. The molecule has 0 bridgehead atoms. The third kappa shape index (κ3) is 3.93. The number of anilines is 2. The van der Waals surface area contributed by atoms with E-state index in [9.17, 15) is 14.0 Å². The number of halogens is 1. The molecule has 5 nitrogen and oxygen atoms in total. The minimum Gasteiger partial charge on any atom is -0.321 e. The SMILES string of the molecule is C=CC(=O)Nc1cc(NC(=O)c2scnc2C2CCCC2)ccc1F. The van der Waals surface area contributed by atoms with E-state index in [1.807, 2.05) is 0 Å². The molecule has 1 aliphatic rings. The molecule has 2 N–H and O–H groups in total. The number of hydrogen-bond donors (Lipinski definition) is 2. The highest BCUT2D eigenvalue weighted by Gasteiger charge is 2.25. The molecule has 0 spiro atoms. The average Bonchev–Trinajstić information content (AvgIpc) is 3.28. The van der Waals surface area contributed by atoms with Crippen molar-refractivity contribution in [3.63, 3.8) is 0 Å². The molecule has 1 heterocycles. The average molecular weight is 359 g/mol. The van der Waals surface area contributed by atoms with Crippen LogP contribution in [0.3, 0.4) is 0 Å². The Morgan fingerprint density at radius 1 is 1.28 bits per heavy atom. The van der Waals surface area contributed by atoms with Crippen LogP contribution in [0.25, 0.3) is 0 Å². The maximum absolute atomic E-state index is 13.8. The van der Waals surface area contributed by atoms with Gasteiger partial charge in [0.25, 0.3) is 5.91 Å². The Morgan fingerprint density at radius 3 is 2.76 bits per heavy atom. The fraction of sp³-hybridized carbons (Fsp3) is 0.278. The summed E-state index contributed by atoms with van der Waals surface area (Å²) in [4.78, 5) is 28.9. The molecular weight excluding hydrogens is 341 g/mol. The normalized spacial score (nSPS) is 14.3. The lowest BCUT2D eigenvalue weighted by Crippen LogP contribution is -2.14. The Hall–Kier alpha value is -2.54. The van der Waals surface area contributed by atoms with E-state index < -0.39 is 11.7 Å². The second-order valence-corrected chi connectivity index (χ2v) is 6.74. The molecule has 0 radical (unpaired) electrons. The Bertz CT molecular complexity index is 812. The molecule has 1 fully saturated rings. The molecule has 3 rings (SSSR count). The third-order valence-electron chi connectivity index (χ3n) is 4.21. The second kappa shape index (κ2) is 7.57. The van der Waals surface area contributed by atoms with Crippen molar-refractivity contribution in [2.24, 2.45) is 0 Å².